The zero-order chi connectivity index (χ0) is 33.8. The van der Waals surface area contributed by atoms with Gasteiger partial charge in [-0.15, -0.1) is 11.3 Å². The van der Waals surface area contributed by atoms with E-state index in [0.29, 0.717) is 17.0 Å². The van der Waals surface area contributed by atoms with Gasteiger partial charge in [-0.2, -0.15) is 0 Å². The van der Waals surface area contributed by atoms with Crippen LogP contribution in [0.5, 0.6) is 28.7 Å². The van der Waals surface area contributed by atoms with E-state index >= 15 is 0 Å². The fourth-order valence-electron chi connectivity index (χ4n) is 7.44. The summed E-state index contributed by atoms with van der Waals surface area (Å²) < 4.78 is 8.78. The number of anilines is 3. The van der Waals surface area contributed by atoms with Gasteiger partial charge in [0.1, 0.15) is 16.9 Å². The average Bonchev–Trinajstić information content (AvgIpc) is 3.73. The Morgan fingerprint density at radius 2 is 1.00 bits per heavy atom. The molecule has 5 N–H and O–H groups in total. The molecule has 0 fully saturated rings. The van der Waals surface area contributed by atoms with Crippen LogP contribution in [0, 0.1) is 0 Å². The molecule has 2 heterocycles. The van der Waals surface area contributed by atoms with Crippen LogP contribution in [0.25, 0.3) is 74.4 Å². The van der Waals surface area contributed by atoms with Gasteiger partial charge < -0.3 is 34.8 Å². The lowest BCUT2D eigenvalue weighted by atomic mass is 10.00. The van der Waals surface area contributed by atoms with Gasteiger partial charge in [0.15, 0.2) is 11.5 Å². The van der Waals surface area contributed by atoms with E-state index in [9.17, 15) is 25.5 Å². The number of furan rings is 1. The zero-order valence-corrected chi connectivity index (χ0v) is 26.9. The first kappa shape index (κ1) is 28.4. The van der Waals surface area contributed by atoms with Crippen molar-refractivity contribution in [3.05, 3.63) is 121 Å². The van der Waals surface area contributed by atoms with E-state index in [1.807, 2.05) is 97.1 Å². The van der Waals surface area contributed by atoms with E-state index in [2.05, 4.69) is 24.3 Å². The molecule has 7 nitrogen and oxygen atoms in total. The van der Waals surface area contributed by atoms with E-state index in [-0.39, 0.29) is 5.69 Å². The molecular weight excluding hydrogens is 647 g/mol. The summed E-state index contributed by atoms with van der Waals surface area (Å²) in [5, 5.41) is 64.3. The maximum Gasteiger partial charge on any atom is 0.208 e. The molecule has 0 amide bonds. The number of benzene rings is 8. The number of thiophene rings is 1. The van der Waals surface area contributed by atoms with Gasteiger partial charge >= 0.3 is 0 Å². The second-order valence-corrected chi connectivity index (χ2v) is 13.5. The third-order valence-electron chi connectivity index (χ3n) is 9.76. The molecule has 0 bridgehead atoms. The first-order chi connectivity index (χ1) is 24.4. The molecule has 10 rings (SSSR count). The molecule has 0 saturated carbocycles. The number of phenols is 5. The molecule has 0 aliphatic carbocycles. The molecule has 0 radical (unpaired) electrons. The lowest BCUT2D eigenvalue weighted by Gasteiger charge is -2.29. The third kappa shape index (κ3) is 3.79. The normalized spacial score (nSPS) is 12.0. The Kier molecular flexibility index (Phi) is 5.78. The Morgan fingerprint density at radius 1 is 0.440 bits per heavy atom. The summed E-state index contributed by atoms with van der Waals surface area (Å²) in [7, 11) is 0. The smallest absolute Gasteiger partial charge is 0.208 e. The van der Waals surface area contributed by atoms with Gasteiger partial charge in [0, 0.05) is 52.8 Å². The van der Waals surface area contributed by atoms with Gasteiger partial charge in [-0.05, 0) is 52.6 Å². The third-order valence-corrected chi connectivity index (χ3v) is 10.9. The first-order valence-electron chi connectivity index (χ1n) is 16.0. The van der Waals surface area contributed by atoms with Crippen molar-refractivity contribution < 1.29 is 29.9 Å². The Balaban J connectivity index is 1.36. The Bertz CT molecular complexity index is 3040. The molecule has 0 atom stereocenters. The van der Waals surface area contributed by atoms with E-state index in [0.717, 1.165) is 68.8 Å². The standard InChI is InChI=1S/C42H25NO6S/c44-36-35(37(45)39(47)40(48)38(36)46)43(23-15-18-32-30(19-23)34-24-9-3-1-7-21(24)14-17-33(34)50-32)31-20-29-28-16-13-22-8-2-4-10-25(22)41(28)49-42(29)27-12-6-5-11-26(27)31/h1-20,44-48H. The van der Waals surface area contributed by atoms with E-state index in [1.165, 1.54) is 0 Å². The number of nitrogens with zero attached hydrogens (tertiary/aromatic N) is 1. The second-order valence-electron chi connectivity index (χ2n) is 12.5. The fraction of sp³-hybridized carbons (Fsp3) is 0. The van der Waals surface area contributed by atoms with Gasteiger partial charge in [-0.25, -0.2) is 0 Å². The fourth-order valence-corrected chi connectivity index (χ4v) is 8.54. The van der Waals surface area contributed by atoms with E-state index in [1.54, 1.807) is 16.2 Å². The van der Waals surface area contributed by atoms with Crippen LogP contribution in [0.15, 0.2) is 126 Å². The van der Waals surface area contributed by atoms with Crippen LogP contribution in [0.1, 0.15) is 0 Å². The Labute approximate surface area is 286 Å². The molecule has 0 aliphatic rings. The first-order valence-corrected chi connectivity index (χ1v) is 16.8. The molecule has 2 aromatic heterocycles. The molecule has 0 aliphatic heterocycles. The van der Waals surface area contributed by atoms with Crippen molar-refractivity contribution in [3.8, 4) is 28.7 Å². The minimum absolute atomic E-state index is 0.302. The largest absolute Gasteiger partial charge is 0.503 e. The van der Waals surface area contributed by atoms with Crippen molar-refractivity contribution in [3.63, 3.8) is 0 Å². The minimum atomic E-state index is -1.03. The van der Waals surface area contributed by atoms with Crippen LogP contribution in [0.4, 0.5) is 17.1 Å². The van der Waals surface area contributed by atoms with Crippen molar-refractivity contribution in [1.82, 2.24) is 0 Å². The summed E-state index contributed by atoms with van der Waals surface area (Å²) in [4.78, 5) is 1.61. The molecule has 240 valence electrons. The van der Waals surface area contributed by atoms with E-state index < -0.39 is 28.7 Å². The molecule has 0 spiro atoms. The molecule has 8 aromatic carbocycles. The number of hydrogen-bond acceptors (Lipinski definition) is 8. The van der Waals surface area contributed by atoms with Gasteiger partial charge in [0.2, 0.25) is 17.2 Å². The summed E-state index contributed by atoms with van der Waals surface area (Å²) in [6, 6.07) is 40.0. The van der Waals surface area contributed by atoms with Crippen LogP contribution in [0.3, 0.4) is 0 Å². The molecule has 8 heteroatoms. The lowest BCUT2D eigenvalue weighted by molar-refractivity contribution is 0.329. The van der Waals surface area contributed by atoms with E-state index in [4.69, 9.17) is 4.42 Å². The van der Waals surface area contributed by atoms with Crippen molar-refractivity contribution in [2.45, 2.75) is 0 Å². The molecular formula is C42H25NO6S. The predicted molar refractivity (Wildman–Crippen MR) is 202 cm³/mol. The molecule has 0 unspecified atom stereocenters. The number of fused-ring (bicyclic) bond motifs is 12. The highest BCUT2D eigenvalue weighted by Gasteiger charge is 2.31. The highest BCUT2D eigenvalue weighted by atomic mass is 32.1. The monoisotopic (exact) mass is 671 g/mol. The highest BCUT2D eigenvalue weighted by Crippen LogP contribution is 2.59. The summed E-state index contributed by atoms with van der Waals surface area (Å²) >= 11 is 1.67. The van der Waals surface area contributed by atoms with Crippen LogP contribution in [-0.4, -0.2) is 25.5 Å². The highest BCUT2D eigenvalue weighted by molar-refractivity contribution is 7.26. The van der Waals surface area contributed by atoms with Crippen molar-refractivity contribution in [2.75, 3.05) is 4.90 Å². The minimum Gasteiger partial charge on any atom is -0.503 e. The number of aromatic hydroxyl groups is 5. The van der Waals surface area contributed by atoms with Gasteiger partial charge in [-0.3, -0.25) is 0 Å². The number of phenolic OH excluding ortho intramolecular Hbond substituents is 5. The predicted octanol–water partition coefficient (Wildman–Crippen LogP) is 11.4. The van der Waals surface area contributed by atoms with Crippen LogP contribution in [-0.2, 0) is 0 Å². The van der Waals surface area contributed by atoms with Crippen LogP contribution in [0.2, 0.25) is 0 Å². The molecule has 0 saturated heterocycles. The van der Waals surface area contributed by atoms with Gasteiger partial charge in [0.25, 0.3) is 0 Å². The Morgan fingerprint density at radius 3 is 1.76 bits per heavy atom. The quantitative estimate of drug-likeness (QED) is 0.0937. The van der Waals surface area contributed by atoms with Crippen molar-refractivity contribution in [1.29, 1.82) is 0 Å². The van der Waals surface area contributed by atoms with Gasteiger partial charge in [0.05, 0.1) is 5.69 Å². The van der Waals surface area contributed by atoms with Gasteiger partial charge in [-0.1, -0.05) is 84.9 Å². The van der Waals surface area contributed by atoms with Crippen molar-refractivity contribution in [2.24, 2.45) is 0 Å². The summed E-state index contributed by atoms with van der Waals surface area (Å²) in [5.41, 5.74) is 2.16. The topological polar surface area (TPSA) is 118 Å². The van der Waals surface area contributed by atoms with Crippen LogP contribution < -0.4 is 4.90 Å². The number of hydrogen-bond donors (Lipinski definition) is 5. The summed E-state index contributed by atoms with van der Waals surface area (Å²) in [6.07, 6.45) is 0. The number of rotatable bonds is 3. The maximum atomic E-state index is 11.5. The lowest BCUT2D eigenvalue weighted by Crippen LogP contribution is -2.11. The summed E-state index contributed by atoms with van der Waals surface area (Å²) in [6.45, 7) is 0. The van der Waals surface area contributed by atoms with Crippen LogP contribution >= 0.6 is 11.3 Å². The maximum absolute atomic E-state index is 11.5. The SMILES string of the molecule is Oc1c(O)c(O)c(N(c2ccc3sc4ccc5ccccc5c4c3c2)c2cc3c4ccc5ccccc5c4oc3c3ccccc23)c(O)c1O. The molecule has 50 heavy (non-hydrogen) atoms. The summed E-state index contributed by atoms with van der Waals surface area (Å²) in [5.74, 6) is -4.54. The Hall–Kier alpha value is -6.64. The zero-order valence-electron chi connectivity index (χ0n) is 26.0. The second kappa shape index (κ2) is 10.2. The molecule has 10 aromatic rings. The van der Waals surface area contributed by atoms with Crippen molar-refractivity contribution >= 4 is 103 Å². The average molecular weight is 672 g/mol.